The maximum Gasteiger partial charge on any atom is 0.249 e. The SMILES string of the molecule is O=C1CN(C(=O)Cn2cccn2)c2ccccc2N1. The number of nitrogens with zero attached hydrogens (tertiary/aromatic N) is 3. The summed E-state index contributed by atoms with van der Waals surface area (Å²) in [6.45, 7) is 0.158. The Kier molecular flexibility index (Phi) is 2.75. The van der Waals surface area contributed by atoms with E-state index in [1.54, 1.807) is 24.5 Å². The molecular weight excluding hydrogens is 244 g/mol. The second-order valence-corrected chi connectivity index (χ2v) is 4.25. The summed E-state index contributed by atoms with van der Waals surface area (Å²) in [4.78, 5) is 25.4. The van der Waals surface area contributed by atoms with Gasteiger partial charge in [-0.2, -0.15) is 5.10 Å². The number of benzene rings is 1. The maximum absolute atomic E-state index is 12.3. The first-order valence-corrected chi connectivity index (χ1v) is 5.91. The molecule has 0 spiro atoms. The Morgan fingerprint density at radius 3 is 2.95 bits per heavy atom. The Labute approximate surface area is 109 Å². The fourth-order valence-electron chi connectivity index (χ4n) is 2.07. The Hall–Kier alpha value is -2.63. The van der Waals surface area contributed by atoms with E-state index in [-0.39, 0.29) is 24.9 Å². The number of para-hydroxylation sites is 2. The number of carbonyl (C=O) groups excluding carboxylic acids is 2. The normalized spacial score (nSPS) is 13.9. The Balaban J connectivity index is 1.88. The number of amides is 2. The molecule has 0 bridgehead atoms. The van der Waals surface area contributed by atoms with Gasteiger partial charge in [-0.1, -0.05) is 12.1 Å². The highest BCUT2D eigenvalue weighted by Crippen LogP contribution is 2.28. The van der Waals surface area contributed by atoms with Crippen molar-refractivity contribution in [1.29, 1.82) is 0 Å². The number of nitrogens with one attached hydrogen (secondary N) is 1. The van der Waals surface area contributed by atoms with E-state index in [1.807, 2.05) is 18.2 Å². The van der Waals surface area contributed by atoms with Gasteiger partial charge in [-0.05, 0) is 18.2 Å². The van der Waals surface area contributed by atoms with E-state index >= 15 is 0 Å². The van der Waals surface area contributed by atoms with Gasteiger partial charge in [-0.25, -0.2) is 0 Å². The third-order valence-corrected chi connectivity index (χ3v) is 2.93. The minimum atomic E-state index is -0.187. The second-order valence-electron chi connectivity index (χ2n) is 4.25. The van der Waals surface area contributed by atoms with Gasteiger partial charge in [0.25, 0.3) is 0 Å². The largest absolute Gasteiger partial charge is 0.323 e. The number of carbonyl (C=O) groups is 2. The number of aromatic nitrogens is 2. The van der Waals surface area contributed by atoms with E-state index < -0.39 is 0 Å². The molecule has 0 saturated heterocycles. The van der Waals surface area contributed by atoms with Crippen LogP contribution in [0.2, 0.25) is 0 Å². The van der Waals surface area contributed by atoms with Crippen molar-refractivity contribution in [3.8, 4) is 0 Å². The highest BCUT2D eigenvalue weighted by molar-refractivity contribution is 6.09. The number of hydrogen-bond acceptors (Lipinski definition) is 3. The first-order chi connectivity index (χ1) is 9.24. The summed E-state index contributed by atoms with van der Waals surface area (Å²) in [5, 5.41) is 6.74. The molecule has 1 N–H and O–H groups in total. The number of rotatable bonds is 2. The zero-order valence-corrected chi connectivity index (χ0v) is 10.1. The van der Waals surface area contributed by atoms with Crippen molar-refractivity contribution in [2.75, 3.05) is 16.8 Å². The first kappa shape index (κ1) is 11.5. The van der Waals surface area contributed by atoms with Crippen molar-refractivity contribution in [3.63, 3.8) is 0 Å². The molecule has 0 unspecified atom stereocenters. The third kappa shape index (κ3) is 2.20. The smallest absolute Gasteiger partial charge is 0.249 e. The summed E-state index contributed by atoms with van der Waals surface area (Å²) >= 11 is 0. The van der Waals surface area contributed by atoms with Crippen molar-refractivity contribution >= 4 is 23.2 Å². The zero-order chi connectivity index (χ0) is 13.2. The topological polar surface area (TPSA) is 67.2 Å². The molecule has 0 atom stereocenters. The molecule has 6 nitrogen and oxygen atoms in total. The molecule has 1 aromatic heterocycles. The summed E-state index contributed by atoms with van der Waals surface area (Å²) in [5.74, 6) is -0.349. The lowest BCUT2D eigenvalue weighted by atomic mass is 10.2. The maximum atomic E-state index is 12.3. The average molecular weight is 256 g/mol. The van der Waals surface area contributed by atoms with Crippen LogP contribution in [0.5, 0.6) is 0 Å². The molecule has 0 aliphatic carbocycles. The minimum absolute atomic E-state index is 0.0388. The van der Waals surface area contributed by atoms with E-state index in [0.717, 1.165) is 5.69 Å². The van der Waals surface area contributed by atoms with E-state index in [9.17, 15) is 9.59 Å². The number of anilines is 2. The Bertz CT molecular complexity index is 621. The van der Waals surface area contributed by atoms with Crippen LogP contribution < -0.4 is 10.2 Å². The molecule has 2 heterocycles. The van der Waals surface area contributed by atoms with Crippen LogP contribution in [0.1, 0.15) is 0 Å². The molecule has 6 heteroatoms. The average Bonchev–Trinajstić information content (AvgIpc) is 2.90. The molecule has 96 valence electrons. The molecule has 2 amide bonds. The predicted octanol–water partition coefficient (Wildman–Crippen LogP) is 0.868. The van der Waals surface area contributed by atoms with Gasteiger partial charge >= 0.3 is 0 Å². The van der Waals surface area contributed by atoms with Crippen LogP contribution in [0.25, 0.3) is 0 Å². The molecule has 0 saturated carbocycles. The van der Waals surface area contributed by atoms with Gasteiger partial charge in [0.05, 0.1) is 11.4 Å². The van der Waals surface area contributed by atoms with Gasteiger partial charge in [0.15, 0.2) is 0 Å². The molecule has 0 radical (unpaired) electrons. The Morgan fingerprint density at radius 1 is 1.32 bits per heavy atom. The summed E-state index contributed by atoms with van der Waals surface area (Å²) in [5.41, 5.74) is 1.38. The van der Waals surface area contributed by atoms with Crippen molar-refractivity contribution in [2.24, 2.45) is 0 Å². The zero-order valence-electron chi connectivity index (χ0n) is 10.1. The molecule has 19 heavy (non-hydrogen) atoms. The molecule has 1 aliphatic rings. The Morgan fingerprint density at radius 2 is 2.16 bits per heavy atom. The van der Waals surface area contributed by atoms with E-state index in [1.165, 1.54) is 9.58 Å². The van der Waals surface area contributed by atoms with Crippen LogP contribution in [0.3, 0.4) is 0 Å². The summed E-state index contributed by atoms with van der Waals surface area (Å²) in [6, 6.07) is 9.01. The van der Waals surface area contributed by atoms with Gasteiger partial charge < -0.3 is 5.32 Å². The molecule has 2 aromatic rings. The molecule has 1 aromatic carbocycles. The van der Waals surface area contributed by atoms with Crippen LogP contribution in [0.15, 0.2) is 42.7 Å². The predicted molar refractivity (Wildman–Crippen MR) is 69.7 cm³/mol. The van der Waals surface area contributed by atoms with Crippen LogP contribution >= 0.6 is 0 Å². The van der Waals surface area contributed by atoms with Gasteiger partial charge in [-0.3, -0.25) is 19.2 Å². The van der Waals surface area contributed by atoms with Gasteiger partial charge in [0.1, 0.15) is 13.1 Å². The van der Waals surface area contributed by atoms with Crippen molar-refractivity contribution in [3.05, 3.63) is 42.7 Å². The standard InChI is InChI=1S/C13H12N4O2/c18-12-8-17(11-5-2-1-4-10(11)15-12)13(19)9-16-7-3-6-14-16/h1-7H,8-9H2,(H,15,18). The summed E-state index contributed by atoms with van der Waals surface area (Å²) in [6.07, 6.45) is 3.33. The molecule has 1 aliphatic heterocycles. The highest BCUT2D eigenvalue weighted by atomic mass is 16.2. The molecule has 0 fully saturated rings. The van der Waals surface area contributed by atoms with Crippen LogP contribution in [-0.4, -0.2) is 28.1 Å². The van der Waals surface area contributed by atoms with Crippen molar-refractivity contribution in [1.82, 2.24) is 9.78 Å². The van der Waals surface area contributed by atoms with E-state index in [2.05, 4.69) is 10.4 Å². The third-order valence-electron chi connectivity index (χ3n) is 2.93. The summed E-state index contributed by atoms with van der Waals surface area (Å²) < 4.78 is 1.54. The first-order valence-electron chi connectivity index (χ1n) is 5.91. The fourth-order valence-corrected chi connectivity index (χ4v) is 2.07. The fraction of sp³-hybridized carbons (Fsp3) is 0.154. The van der Waals surface area contributed by atoms with E-state index in [0.29, 0.717) is 5.69 Å². The number of fused-ring (bicyclic) bond motifs is 1. The molecule has 3 rings (SSSR count). The number of hydrogen-bond donors (Lipinski definition) is 1. The lowest BCUT2D eigenvalue weighted by Crippen LogP contribution is -2.43. The van der Waals surface area contributed by atoms with Crippen LogP contribution in [0.4, 0.5) is 11.4 Å². The van der Waals surface area contributed by atoms with Gasteiger partial charge in [0, 0.05) is 12.4 Å². The molecular formula is C13H12N4O2. The minimum Gasteiger partial charge on any atom is -0.323 e. The van der Waals surface area contributed by atoms with Crippen molar-refractivity contribution in [2.45, 2.75) is 6.54 Å². The highest BCUT2D eigenvalue weighted by Gasteiger charge is 2.26. The van der Waals surface area contributed by atoms with Gasteiger partial charge in [-0.15, -0.1) is 0 Å². The van der Waals surface area contributed by atoms with E-state index in [4.69, 9.17) is 0 Å². The quantitative estimate of drug-likeness (QED) is 0.866. The van der Waals surface area contributed by atoms with Gasteiger partial charge in [0.2, 0.25) is 11.8 Å². The lowest BCUT2D eigenvalue weighted by Gasteiger charge is -2.29. The van der Waals surface area contributed by atoms with Crippen molar-refractivity contribution < 1.29 is 9.59 Å². The summed E-state index contributed by atoms with van der Waals surface area (Å²) in [7, 11) is 0. The monoisotopic (exact) mass is 256 g/mol. The second kappa shape index (κ2) is 4.56. The lowest BCUT2D eigenvalue weighted by molar-refractivity contribution is -0.122. The van der Waals surface area contributed by atoms with Crippen LogP contribution in [0, 0.1) is 0 Å². The van der Waals surface area contributed by atoms with Crippen LogP contribution in [-0.2, 0) is 16.1 Å².